The van der Waals surface area contributed by atoms with Gasteiger partial charge in [-0.3, -0.25) is 4.79 Å². The SMILES string of the molecule is C=C(C)C(=O)Oc1ccc2c(=O)cc(-c3ccccc3)oc2c1. The van der Waals surface area contributed by atoms with Crippen LogP contribution in [-0.2, 0) is 4.79 Å². The van der Waals surface area contributed by atoms with Crippen LogP contribution in [0.3, 0.4) is 0 Å². The zero-order valence-electron chi connectivity index (χ0n) is 12.5. The summed E-state index contributed by atoms with van der Waals surface area (Å²) < 4.78 is 11.0. The molecule has 0 spiro atoms. The highest BCUT2D eigenvalue weighted by atomic mass is 16.5. The molecule has 0 N–H and O–H groups in total. The van der Waals surface area contributed by atoms with Gasteiger partial charge in [0.2, 0.25) is 0 Å². The van der Waals surface area contributed by atoms with Crippen LogP contribution in [0, 0.1) is 0 Å². The van der Waals surface area contributed by atoms with Gasteiger partial charge in [0, 0.05) is 23.3 Å². The van der Waals surface area contributed by atoms with Gasteiger partial charge in [-0.15, -0.1) is 0 Å². The lowest BCUT2D eigenvalue weighted by Gasteiger charge is -2.06. The second kappa shape index (κ2) is 5.93. The molecule has 0 aliphatic heterocycles. The molecule has 1 aromatic heterocycles. The van der Waals surface area contributed by atoms with Crippen LogP contribution in [0.1, 0.15) is 6.92 Å². The zero-order valence-corrected chi connectivity index (χ0v) is 12.5. The summed E-state index contributed by atoms with van der Waals surface area (Å²) in [6.45, 7) is 5.10. The predicted octanol–water partition coefficient (Wildman–Crippen LogP) is 3.94. The Morgan fingerprint density at radius 3 is 2.52 bits per heavy atom. The molecule has 0 bridgehead atoms. The number of carbonyl (C=O) groups excluding carboxylic acids is 1. The van der Waals surface area contributed by atoms with Crippen molar-refractivity contribution in [2.75, 3.05) is 0 Å². The fourth-order valence-corrected chi connectivity index (χ4v) is 2.14. The topological polar surface area (TPSA) is 56.5 Å². The molecule has 0 atom stereocenters. The van der Waals surface area contributed by atoms with E-state index >= 15 is 0 Å². The minimum absolute atomic E-state index is 0.150. The van der Waals surface area contributed by atoms with Gasteiger partial charge in [-0.1, -0.05) is 36.9 Å². The fraction of sp³-hybridized carbons (Fsp3) is 0.0526. The average Bonchev–Trinajstić information content (AvgIpc) is 2.55. The largest absolute Gasteiger partial charge is 0.456 e. The Bertz CT molecular complexity index is 952. The maximum absolute atomic E-state index is 12.2. The van der Waals surface area contributed by atoms with Crippen molar-refractivity contribution in [1.82, 2.24) is 0 Å². The van der Waals surface area contributed by atoms with E-state index in [1.54, 1.807) is 19.1 Å². The van der Waals surface area contributed by atoms with Crippen molar-refractivity contribution in [3.63, 3.8) is 0 Å². The molecule has 114 valence electrons. The first kappa shape index (κ1) is 14.8. The van der Waals surface area contributed by atoms with E-state index in [1.165, 1.54) is 12.1 Å². The highest BCUT2D eigenvalue weighted by molar-refractivity contribution is 5.89. The molecule has 0 saturated heterocycles. The molecular formula is C19H14O4. The standard InChI is InChI=1S/C19H14O4/c1-12(2)19(21)22-14-8-9-15-16(20)11-17(23-18(15)10-14)13-6-4-3-5-7-13/h3-11H,1H2,2H3. The predicted molar refractivity (Wildman–Crippen MR) is 88.4 cm³/mol. The van der Waals surface area contributed by atoms with Crippen molar-refractivity contribution < 1.29 is 13.9 Å². The molecule has 4 nitrogen and oxygen atoms in total. The van der Waals surface area contributed by atoms with Crippen LogP contribution in [-0.4, -0.2) is 5.97 Å². The minimum Gasteiger partial charge on any atom is -0.456 e. The van der Waals surface area contributed by atoms with E-state index in [-0.39, 0.29) is 5.43 Å². The molecule has 0 unspecified atom stereocenters. The van der Waals surface area contributed by atoms with Crippen molar-refractivity contribution >= 4 is 16.9 Å². The molecular weight excluding hydrogens is 292 g/mol. The van der Waals surface area contributed by atoms with Gasteiger partial charge in [0.15, 0.2) is 5.43 Å². The Morgan fingerprint density at radius 2 is 1.83 bits per heavy atom. The fourth-order valence-electron chi connectivity index (χ4n) is 2.14. The second-order valence-electron chi connectivity index (χ2n) is 5.17. The van der Waals surface area contributed by atoms with Gasteiger partial charge in [-0.05, 0) is 19.1 Å². The number of rotatable bonds is 3. The van der Waals surface area contributed by atoms with Crippen LogP contribution in [0.25, 0.3) is 22.3 Å². The van der Waals surface area contributed by atoms with Gasteiger partial charge < -0.3 is 9.15 Å². The molecule has 23 heavy (non-hydrogen) atoms. The monoisotopic (exact) mass is 306 g/mol. The van der Waals surface area contributed by atoms with E-state index in [0.717, 1.165) is 5.56 Å². The van der Waals surface area contributed by atoms with Crippen LogP contribution < -0.4 is 10.2 Å². The summed E-state index contributed by atoms with van der Waals surface area (Å²) in [7, 11) is 0. The number of ether oxygens (including phenoxy) is 1. The summed E-state index contributed by atoms with van der Waals surface area (Å²) in [5.41, 5.74) is 1.31. The van der Waals surface area contributed by atoms with E-state index in [0.29, 0.717) is 28.1 Å². The van der Waals surface area contributed by atoms with Crippen LogP contribution in [0.15, 0.2) is 76.0 Å². The van der Waals surface area contributed by atoms with Gasteiger partial charge in [-0.2, -0.15) is 0 Å². The Balaban J connectivity index is 2.09. The van der Waals surface area contributed by atoms with E-state index in [9.17, 15) is 9.59 Å². The molecule has 1 heterocycles. The van der Waals surface area contributed by atoms with Gasteiger partial charge in [0.05, 0.1) is 5.39 Å². The lowest BCUT2D eigenvalue weighted by Crippen LogP contribution is -2.08. The smallest absolute Gasteiger partial charge is 0.338 e. The molecule has 3 rings (SSSR count). The van der Waals surface area contributed by atoms with Crippen LogP contribution >= 0.6 is 0 Å². The molecule has 4 heteroatoms. The summed E-state index contributed by atoms with van der Waals surface area (Å²) in [5, 5.41) is 0.430. The number of benzene rings is 2. The minimum atomic E-state index is -0.522. The number of hydrogen-bond acceptors (Lipinski definition) is 4. The molecule has 0 aliphatic carbocycles. The van der Waals surface area contributed by atoms with Crippen molar-refractivity contribution in [3.05, 3.63) is 77.0 Å². The van der Waals surface area contributed by atoms with E-state index in [4.69, 9.17) is 9.15 Å². The Morgan fingerprint density at radius 1 is 1.09 bits per heavy atom. The Kier molecular flexibility index (Phi) is 3.81. The molecule has 0 radical (unpaired) electrons. The summed E-state index contributed by atoms with van der Waals surface area (Å²) in [5.74, 6) is 0.247. The van der Waals surface area contributed by atoms with Gasteiger partial charge >= 0.3 is 5.97 Å². The number of fused-ring (bicyclic) bond motifs is 1. The van der Waals surface area contributed by atoms with Gasteiger partial charge in [-0.25, -0.2) is 4.79 Å². The molecule has 0 aliphatic rings. The third-order valence-corrected chi connectivity index (χ3v) is 3.32. The molecule has 0 fully saturated rings. The number of carbonyl (C=O) groups is 1. The molecule has 0 amide bonds. The van der Waals surface area contributed by atoms with Gasteiger partial charge in [0.25, 0.3) is 0 Å². The lowest BCUT2D eigenvalue weighted by molar-refractivity contribution is -0.130. The molecule has 2 aromatic carbocycles. The van der Waals surface area contributed by atoms with Crippen LogP contribution in [0.4, 0.5) is 0 Å². The number of hydrogen-bond donors (Lipinski definition) is 0. The highest BCUT2D eigenvalue weighted by Gasteiger charge is 2.10. The second-order valence-corrected chi connectivity index (χ2v) is 5.17. The summed E-state index contributed by atoms with van der Waals surface area (Å²) in [6, 6.07) is 15.5. The summed E-state index contributed by atoms with van der Waals surface area (Å²) in [4.78, 5) is 23.8. The zero-order chi connectivity index (χ0) is 16.4. The number of esters is 1. The first-order chi connectivity index (χ1) is 11.0. The van der Waals surface area contributed by atoms with Crippen molar-refractivity contribution in [2.24, 2.45) is 0 Å². The van der Waals surface area contributed by atoms with E-state index < -0.39 is 5.97 Å². The normalized spacial score (nSPS) is 10.5. The average molecular weight is 306 g/mol. The third kappa shape index (κ3) is 3.06. The van der Waals surface area contributed by atoms with Crippen molar-refractivity contribution in [2.45, 2.75) is 6.92 Å². The van der Waals surface area contributed by atoms with Crippen molar-refractivity contribution in [3.8, 4) is 17.1 Å². The van der Waals surface area contributed by atoms with Crippen LogP contribution in [0.5, 0.6) is 5.75 Å². The summed E-state index contributed by atoms with van der Waals surface area (Å²) in [6.07, 6.45) is 0. The quantitative estimate of drug-likeness (QED) is 0.418. The third-order valence-electron chi connectivity index (χ3n) is 3.32. The Hall–Kier alpha value is -3.14. The summed E-state index contributed by atoms with van der Waals surface area (Å²) >= 11 is 0. The lowest BCUT2D eigenvalue weighted by atomic mass is 10.1. The first-order valence-electron chi connectivity index (χ1n) is 7.05. The highest BCUT2D eigenvalue weighted by Crippen LogP contribution is 2.25. The molecule has 3 aromatic rings. The molecule has 0 saturated carbocycles. The van der Waals surface area contributed by atoms with Crippen LogP contribution in [0.2, 0.25) is 0 Å². The van der Waals surface area contributed by atoms with E-state index in [2.05, 4.69) is 6.58 Å². The Labute approximate surface area is 132 Å². The van der Waals surface area contributed by atoms with Crippen molar-refractivity contribution in [1.29, 1.82) is 0 Å². The first-order valence-corrected chi connectivity index (χ1v) is 7.05. The maximum Gasteiger partial charge on any atom is 0.338 e. The van der Waals surface area contributed by atoms with E-state index in [1.807, 2.05) is 30.3 Å². The maximum atomic E-state index is 12.2. The van der Waals surface area contributed by atoms with Gasteiger partial charge in [0.1, 0.15) is 17.1 Å².